The van der Waals surface area contributed by atoms with E-state index in [1.807, 2.05) is 0 Å². The fourth-order valence-corrected chi connectivity index (χ4v) is 4.78. The number of nitrogens with one attached hydrogen (secondary N) is 1. The Morgan fingerprint density at radius 2 is 1.96 bits per heavy atom. The van der Waals surface area contributed by atoms with Crippen LogP contribution in [-0.2, 0) is 16.4 Å². The molecule has 1 aromatic heterocycles. The van der Waals surface area contributed by atoms with E-state index in [1.165, 1.54) is 10.4 Å². The highest BCUT2D eigenvalue weighted by molar-refractivity contribution is 7.89. The van der Waals surface area contributed by atoms with Crippen molar-refractivity contribution in [2.75, 3.05) is 19.6 Å². The lowest BCUT2D eigenvalue weighted by atomic mass is 10.2. The number of hydrogen-bond acceptors (Lipinski definition) is 6. The summed E-state index contributed by atoms with van der Waals surface area (Å²) in [7, 11) is -3.57. The Hall–Kier alpha value is -2.26. The molecule has 0 saturated carbocycles. The highest BCUT2D eigenvalue weighted by Gasteiger charge is 2.25. The molecule has 0 spiro atoms. The van der Waals surface area contributed by atoms with Crippen molar-refractivity contribution >= 4 is 15.9 Å². The molecule has 0 radical (unpaired) electrons. The average molecular weight is 407 g/mol. The van der Waals surface area contributed by atoms with Crippen molar-refractivity contribution in [3.8, 4) is 0 Å². The SMILES string of the molecule is Cc1noc(CCCNC(=O)c2cccc(S(=O)(=O)N3CCCCCC3)c2)n1. The van der Waals surface area contributed by atoms with Gasteiger partial charge in [-0.3, -0.25) is 4.79 Å². The average Bonchev–Trinajstić information content (AvgIpc) is 2.93. The summed E-state index contributed by atoms with van der Waals surface area (Å²) in [6, 6.07) is 6.24. The first-order chi connectivity index (χ1) is 13.5. The first-order valence-electron chi connectivity index (χ1n) is 9.64. The molecule has 9 heteroatoms. The predicted molar refractivity (Wildman–Crippen MR) is 103 cm³/mol. The van der Waals surface area contributed by atoms with E-state index in [1.54, 1.807) is 25.1 Å². The Morgan fingerprint density at radius 1 is 1.21 bits per heavy atom. The second-order valence-electron chi connectivity index (χ2n) is 6.94. The third-order valence-electron chi connectivity index (χ3n) is 4.72. The summed E-state index contributed by atoms with van der Waals surface area (Å²) < 4.78 is 32.4. The van der Waals surface area contributed by atoms with Crippen LogP contribution in [0.3, 0.4) is 0 Å². The monoisotopic (exact) mass is 406 g/mol. The number of amides is 1. The number of carbonyl (C=O) groups is 1. The van der Waals surface area contributed by atoms with Gasteiger partial charge in [0.1, 0.15) is 0 Å². The summed E-state index contributed by atoms with van der Waals surface area (Å²) in [5.41, 5.74) is 0.338. The van der Waals surface area contributed by atoms with E-state index in [-0.39, 0.29) is 10.8 Å². The lowest BCUT2D eigenvalue weighted by Gasteiger charge is -2.20. The molecule has 2 heterocycles. The standard InChI is InChI=1S/C19H26N4O4S/c1-15-21-18(27-22-15)10-7-11-20-19(24)16-8-6-9-17(14-16)28(25,26)23-12-4-2-3-5-13-23/h6,8-9,14H,2-5,7,10-13H2,1H3,(H,20,24). The Bertz CT molecular complexity index is 902. The maximum atomic E-state index is 12.9. The topological polar surface area (TPSA) is 105 Å². The number of aromatic nitrogens is 2. The summed E-state index contributed by atoms with van der Waals surface area (Å²) >= 11 is 0. The minimum atomic E-state index is -3.57. The molecule has 3 rings (SSSR count). The second-order valence-corrected chi connectivity index (χ2v) is 8.88. The highest BCUT2D eigenvalue weighted by Crippen LogP contribution is 2.21. The van der Waals surface area contributed by atoms with Crippen molar-refractivity contribution < 1.29 is 17.7 Å². The largest absolute Gasteiger partial charge is 0.352 e. The van der Waals surface area contributed by atoms with Crippen LogP contribution in [0.15, 0.2) is 33.7 Å². The molecule has 1 amide bonds. The highest BCUT2D eigenvalue weighted by atomic mass is 32.2. The van der Waals surface area contributed by atoms with E-state index in [4.69, 9.17) is 4.52 Å². The van der Waals surface area contributed by atoms with Gasteiger partial charge in [0, 0.05) is 31.6 Å². The van der Waals surface area contributed by atoms with Gasteiger partial charge in [-0.15, -0.1) is 0 Å². The zero-order valence-electron chi connectivity index (χ0n) is 16.1. The van der Waals surface area contributed by atoms with Crippen molar-refractivity contribution in [3.05, 3.63) is 41.5 Å². The van der Waals surface area contributed by atoms with Crippen molar-refractivity contribution in [1.82, 2.24) is 19.8 Å². The summed E-state index contributed by atoms with van der Waals surface area (Å²) in [4.78, 5) is 16.7. The fourth-order valence-electron chi connectivity index (χ4n) is 3.21. The maximum Gasteiger partial charge on any atom is 0.251 e. The second kappa shape index (κ2) is 9.29. The smallest absolute Gasteiger partial charge is 0.251 e. The number of aryl methyl sites for hydroxylation is 2. The van der Waals surface area contributed by atoms with E-state index in [0.29, 0.717) is 49.8 Å². The van der Waals surface area contributed by atoms with Gasteiger partial charge < -0.3 is 9.84 Å². The van der Waals surface area contributed by atoms with Gasteiger partial charge in [-0.1, -0.05) is 24.1 Å². The molecule has 0 atom stereocenters. The van der Waals surface area contributed by atoms with Crippen LogP contribution in [0.4, 0.5) is 0 Å². The van der Waals surface area contributed by atoms with Crippen LogP contribution in [0.25, 0.3) is 0 Å². The van der Waals surface area contributed by atoms with Crippen molar-refractivity contribution in [1.29, 1.82) is 0 Å². The number of carbonyl (C=O) groups excluding carboxylic acids is 1. The zero-order valence-corrected chi connectivity index (χ0v) is 16.9. The number of nitrogens with zero attached hydrogens (tertiary/aromatic N) is 3. The van der Waals surface area contributed by atoms with E-state index < -0.39 is 10.0 Å². The van der Waals surface area contributed by atoms with Gasteiger partial charge in [-0.05, 0) is 44.4 Å². The molecule has 1 aliphatic rings. The molecule has 152 valence electrons. The molecular weight excluding hydrogens is 380 g/mol. The summed E-state index contributed by atoms with van der Waals surface area (Å²) in [6.45, 7) is 3.26. The number of benzene rings is 1. The van der Waals surface area contributed by atoms with Crippen LogP contribution in [-0.4, -0.2) is 48.4 Å². The molecule has 2 aromatic rings. The Morgan fingerprint density at radius 3 is 2.64 bits per heavy atom. The number of hydrogen-bond donors (Lipinski definition) is 1. The zero-order chi connectivity index (χ0) is 20.0. The van der Waals surface area contributed by atoms with Gasteiger partial charge in [-0.25, -0.2) is 8.42 Å². The maximum absolute atomic E-state index is 12.9. The van der Waals surface area contributed by atoms with Gasteiger partial charge in [0.05, 0.1) is 4.90 Å². The third kappa shape index (κ3) is 5.17. The van der Waals surface area contributed by atoms with Crippen LogP contribution in [0.5, 0.6) is 0 Å². The minimum Gasteiger partial charge on any atom is -0.352 e. The van der Waals surface area contributed by atoms with Crippen LogP contribution in [0.2, 0.25) is 0 Å². The first kappa shape index (κ1) is 20.5. The normalized spacial score (nSPS) is 15.9. The Balaban J connectivity index is 1.59. The summed E-state index contributed by atoms with van der Waals surface area (Å²) in [5.74, 6) is 0.827. The van der Waals surface area contributed by atoms with Crippen LogP contribution >= 0.6 is 0 Å². The summed E-state index contributed by atoms with van der Waals surface area (Å²) in [6.07, 6.45) is 5.08. The van der Waals surface area contributed by atoms with Gasteiger partial charge in [0.25, 0.3) is 5.91 Å². The molecule has 1 aromatic carbocycles. The Kier molecular flexibility index (Phi) is 6.79. The Labute approximate surface area is 165 Å². The minimum absolute atomic E-state index is 0.170. The van der Waals surface area contributed by atoms with Gasteiger partial charge >= 0.3 is 0 Å². The molecule has 1 aliphatic heterocycles. The van der Waals surface area contributed by atoms with Gasteiger partial charge in [0.15, 0.2) is 5.82 Å². The molecule has 28 heavy (non-hydrogen) atoms. The van der Waals surface area contributed by atoms with Gasteiger partial charge in [0.2, 0.25) is 15.9 Å². The molecule has 1 N–H and O–H groups in total. The van der Waals surface area contributed by atoms with Gasteiger partial charge in [-0.2, -0.15) is 9.29 Å². The lowest BCUT2D eigenvalue weighted by Crippen LogP contribution is -2.32. The summed E-state index contributed by atoms with van der Waals surface area (Å²) in [5, 5.41) is 6.53. The quantitative estimate of drug-likeness (QED) is 0.708. The first-order valence-corrected chi connectivity index (χ1v) is 11.1. The molecule has 0 unspecified atom stereocenters. The molecular formula is C19H26N4O4S. The predicted octanol–water partition coefficient (Wildman–Crippen LogP) is 2.31. The van der Waals surface area contributed by atoms with E-state index in [9.17, 15) is 13.2 Å². The van der Waals surface area contributed by atoms with Crippen molar-refractivity contribution in [2.24, 2.45) is 0 Å². The van der Waals surface area contributed by atoms with E-state index in [2.05, 4.69) is 15.5 Å². The number of sulfonamides is 1. The van der Waals surface area contributed by atoms with Crippen molar-refractivity contribution in [2.45, 2.75) is 50.3 Å². The van der Waals surface area contributed by atoms with Crippen molar-refractivity contribution in [3.63, 3.8) is 0 Å². The molecule has 0 aliphatic carbocycles. The lowest BCUT2D eigenvalue weighted by molar-refractivity contribution is 0.0952. The molecule has 8 nitrogen and oxygen atoms in total. The van der Waals surface area contributed by atoms with Crippen LogP contribution in [0, 0.1) is 6.92 Å². The fraction of sp³-hybridized carbons (Fsp3) is 0.526. The van der Waals surface area contributed by atoms with Crippen LogP contribution < -0.4 is 5.32 Å². The third-order valence-corrected chi connectivity index (χ3v) is 6.62. The number of rotatable bonds is 7. The molecule has 1 fully saturated rings. The van der Waals surface area contributed by atoms with E-state index in [0.717, 1.165) is 25.7 Å². The molecule has 1 saturated heterocycles. The van der Waals surface area contributed by atoms with Crippen LogP contribution in [0.1, 0.15) is 54.2 Å². The van der Waals surface area contributed by atoms with E-state index >= 15 is 0 Å². The molecule has 0 bridgehead atoms.